The Kier molecular flexibility index (Phi) is 5.95. The summed E-state index contributed by atoms with van der Waals surface area (Å²) in [6.07, 6.45) is 1.91. The molecule has 1 aliphatic carbocycles. The molecule has 0 N–H and O–H groups in total. The molecule has 1 aromatic heterocycles. The van der Waals surface area contributed by atoms with Crippen molar-refractivity contribution in [2.24, 2.45) is 0 Å². The van der Waals surface area contributed by atoms with E-state index in [0.29, 0.717) is 0 Å². The summed E-state index contributed by atoms with van der Waals surface area (Å²) in [5.74, 6) is -0.00110. The number of fused-ring (bicyclic) bond motifs is 1. The number of aromatic nitrogens is 1. The van der Waals surface area contributed by atoms with E-state index in [4.69, 9.17) is 4.98 Å². The van der Waals surface area contributed by atoms with Crippen LogP contribution in [0.1, 0.15) is 33.7 Å². The van der Waals surface area contributed by atoms with Gasteiger partial charge in [0, 0.05) is 17.5 Å². The van der Waals surface area contributed by atoms with Crippen LogP contribution in [0.5, 0.6) is 0 Å². The molecule has 0 amide bonds. The van der Waals surface area contributed by atoms with Gasteiger partial charge in [-0.05, 0) is 56.2 Å². The van der Waals surface area contributed by atoms with Crippen molar-refractivity contribution < 1.29 is 0 Å². The first-order valence-electron chi connectivity index (χ1n) is 13.4. The standard InChI is InChI=1S/C38H27N/c1-5-15-27(16-6-1)33-34(28-17-7-2-8-18-28)36(30-21-11-4-12-22-30)37(35(33)29-19-9-3-10-20-29)32-25-13-23-31-24-14-26-39-38(31)32/h1-26,37H. The number of nitrogens with zero attached hydrogens (tertiary/aromatic N) is 1. The second-order valence-electron chi connectivity index (χ2n) is 9.90. The van der Waals surface area contributed by atoms with E-state index in [2.05, 4.69) is 146 Å². The quantitative estimate of drug-likeness (QED) is 0.231. The maximum absolute atomic E-state index is 4.93. The van der Waals surface area contributed by atoms with Crippen LogP contribution in [0.2, 0.25) is 0 Å². The molecule has 1 heterocycles. The van der Waals surface area contributed by atoms with Gasteiger partial charge >= 0.3 is 0 Å². The summed E-state index contributed by atoms with van der Waals surface area (Å²) < 4.78 is 0. The highest BCUT2D eigenvalue weighted by atomic mass is 14.7. The van der Waals surface area contributed by atoms with Gasteiger partial charge in [0.2, 0.25) is 0 Å². The van der Waals surface area contributed by atoms with Gasteiger partial charge in [0.1, 0.15) is 0 Å². The van der Waals surface area contributed by atoms with Gasteiger partial charge in [-0.15, -0.1) is 0 Å². The van der Waals surface area contributed by atoms with Crippen LogP contribution < -0.4 is 0 Å². The van der Waals surface area contributed by atoms with Gasteiger partial charge in [0.15, 0.2) is 0 Å². The predicted molar refractivity (Wildman–Crippen MR) is 164 cm³/mol. The second-order valence-corrected chi connectivity index (χ2v) is 9.90. The molecule has 0 radical (unpaired) electrons. The Bertz CT molecular complexity index is 1710. The molecule has 0 saturated carbocycles. The molecule has 0 saturated heterocycles. The van der Waals surface area contributed by atoms with Gasteiger partial charge in [-0.1, -0.05) is 146 Å². The summed E-state index contributed by atoms with van der Waals surface area (Å²) in [4.78, 5) is 4.93. The van der Waals surface area contributed by atoms with Crippen LogP contribution in [0.25, 0.3) is 33.2 Å². The molecule has 5 aromatic carbocycles. The van der Waals surface area contributed by atoms with E-state index in [0.717, 1.165) is 10.9 Å². The molecule has 0 unspecified atom stereocenters. The number of benzene rings is 5. The molecular weight excluding hydrogens is 470 g/mol. The number of hydrogen-bond acceptors (Lipinski definition) is 1. The Labute approximate surface area is 229 Å². The topological polar surface area (TPSA) is 12.9 Å². The Balaban J connectivity index is 1.67. The van der Waals surface area contributed by atoms with E-state index in [-0.39, 0.29) is 5.92 Å². The highest BCUT2D eigenvalue weighted by molar-refractivity contribution is 6.30. The fraction of sp³-hybridized carbons (Fsp3) is 0.0263. The minimum Gasteiger partial charge on any atom is -0.256 e. The Morgan fingerprint density at radius 1 is 0.385 bits per heavy atom. The van der Waals surface area contributed by atoms with Crippen molar-refractivity contribution in [2.45, 2.75) is 5.92 Å². The van der Waals surface area contributed by atoms with Gasteiger partial charge in [0.05, 0.1) is 5.52 Å². The van der Waals surface area contributed by atoms with Crippen molar-refractivity contribution in [2.75, 3.05) is 0 Å². The van der Waals surface area contributed by atoms with Crippen LogP contribution >= 0.6 is 0 Å². The summed E-state index contributed by atoms with van der Waals surface area (Å²) in [6.45, 7) is 0. The molecule has 1 aliphatic rings. The van der Waals surface area contributed by atoms with E-state index in [1.807, 2.05) is 12.3 Å². The zero-order valence-electron chi connectivity index (χ0n) is 21.5. The average Bonchev–Trinajstić information content (AvgIpc) is 3.38. The molecule has 0 fully saturated rings. The van der Waals surface area contributed by atoms with E-state index < -0.39 is 0 Å². The first-order valence-corrected chi connectivity index (χ1v) is 13.4. The molecule has 1 nitrogen and oxygen atoms in total. The van der Waals surface area contributed by atoms with Gasteiger partial charge < -0.3 is 0 Å². The van der Waals surface area contributed by atoms with Gasteiger partial charge in [-0.2, -0.15) is 0 Å². The first kappa shape index (κ1) is 23.1. The van der Waals surface area contributed by atoms with Gasteiger partial charge in [-0.25, -0.2) is 0 Å². The zero-order chi connectivity index (χ0) is 26.0. The SMILES string of the molecule is c1ccc(C2=C(c3ccccc3)C(c3cccc4cccnc34)C(c3ccccc3)=C2c2ccccc2)cc1. The van der Waals surface area contributed by atoms with Crippen molar-refractivity contribution in [3.05, 3.63) is 186 Å². The zero-order valence-corrected chi connectivity index (χ0v) is 21.5. The maximum Gasteiger partial charge on any atom is 0.0743 e. The molecule has 0 spiro atoms. The highest BCUT2D eigenvalue weighted by Crippen LogP contribution is 2.59. The van der Waals surface area contributed by atoms with Crippen molar-refractivity contribution in [1.29, 1.82) is 0 Å². The average molecular weight is 498 g/mol. The fourth-order valence-electron chi connectivity index (χ4n) is 6.04. The Morgan fingerprint density at radius 2 is 0.821 bits per heavy atom. The van der Waals surface area contributed by atoms with Crippen LogP contribution in [0.15, 0.2) is 158 Å². The van der Waals surface area contributed by atoms with Gasteiger partial charge in [-0.3, -0.25) is 4.98 Å². The molecule has 0 aliphatic heterocycles. The lowest BCUT2D eigenvalue weighted by Gasteiger charge is -2.23. The molecule has 184 valence electrons. The van der Waals surface area contributed by atoms with Crippen LogP contribution in [-0.4, -0.2) is 4.98 Å². The smallest absolute Gasteiger partial charge is 0.0743 e. The monoisotopic (exact) mass is 497 g/mol. The summed E-state index contributed by atoms with van der Waals surface area (Å²) in [5.41, 5.74) is 12.4. The number of rotatable bonds is 5. The molecule has 0 bridgehead atoms. The number of allylic oxidation sites excluding steroid dienone is 4. The molecule has 6 aromatic rings. The van der Waals surface area contributed by atoms with Crippen molar-refractivity contribution >= 4 is 33.2 Å². The van der Waals surface area contributed by atoms with E-state index in [1.54, 1.807) is 0 Å². The van der Waals surface area contributed by atoms with Crippen molar-refractivity contribution in [3.8, 4) is 0 Å². The number of hydrogen-bond donors (Lipinski definition) is 0. The molecule has 0 atom stereocenters. The molecule has 7 rings (SSSR count). The lowest BCUT2D eigenvalue weighted by molar-refractivity contribution is 1.14. The minimum atomic E-state index is -0.00110. The van der Waals surface area contributed by atoms with Crippen LogP contribution in [0.4, 0.5) is 0 Å². The third kappa shape index (κ3) is 4.09. The third-order valence-corrected chi connectivity index (χ3v) is 7.64. The van der Waals surface area contributed by atoms with E-state index in [1.165, 1.54) is 50.1 Å². The Morgan fingerprint density at radius 3 is 1.31 bits per heavy atom. The normalized spacial score (nSPS) is 13.8. The third-order valence-electron chi connectivity index (χ3n) is 7.64. The predicted octanol–water partition coefficient (Wildman–Crippen LogP) is 9.55. The fourth-order valence-corrected chi connectivity index (χ4v) is 6.04. The largest absolute Gasteiger partial charge is 0.256 e. The van der Waals surface area contributed by atoms with E-state index >= 15 is 0 Å². The first-order chi connectivity index (χ1) is 19.4. The minimum absolute atomic E-state index is 0.00110. The van der Waals surface area contributed by atoms with Crippen LogP contribution in [0.3, 0.4) is 0 Å². The molecule has 1 heteroatoms. The molecular formula is C38H27N. The Hall–Kier alpha value is -5.01. The number of para-hydroxylation sites is 1. The van der Waals surface area contributed by atoms with Crippen molar-refractivity contribution in [3.63, 3.8) is 0 Å². The van der Waals surface area contributed by atoms with Crippen molar-refractivity contribution in [1.82, 2.24) is 4.98 Å². The van der Waals surface area contributed by atoms with Crippen LogP contribution in [0, 0.1) is 0 Å². The van der Waals surface area contributed by atoms with E-state index in [9.17, 15) is 0 Å². The second kappa shape index (κ2) is 10.0. The highest BCUT2D eigenvalue weighted by Gasteiger charge is 2.38. The lowest BCUT2D eigenvalue weighted by Crippen LogP contribution is -2.05. The summed E-state index contributed by atoms with van der Waals surface area (Å²) in [5, 5.41) is 1.16. The summed E-state index contributed by atoms with van der Waals surface area (Å²) in [6, 6.07) is 54.3. The summed E-state index contributed by atoms with van der Waals surface area (Å²) >= 11 is 0. The lowest BCUT2D eigenvalue weighted by atomic mass is 9.80. The van der Waals surface area contributed by atoms with Gasteiger partial charge in [0.25, 0.3) is 0 Å². The number of pyridine rings is 1. The molecule has 39 heavy (non-hydrogen) atoms. The van der Waals surface area contributed by atoms with Crippen LogP contribution in [-0.2, 0) is 0 Å². The maximum atomic E-state index is 4.93. The summed E-state index contributed by atoms with van der Waals surface area (Å²) in [7, 11) is 0.